The van der Waals surface area contributed by atoms with Gasteiger partial charge in [-0.25, -0.2) is 13.7 Å². The highest BCUT2D eigenvalue weighted by Crippen LogP contribution is 2.38. The van der Waals surface area contributed by atoms with Crippen LogP contribution in [-0.2, 0) is 4.74 Å². The summed E-state index contributed by atoms with van der Waals surface area (Å²) in [5, 5.41) is 20.1. The van der Waals surface area contributed by atoms with Gasteiger partial charge in [0, 0.05) is 31.4 Å². The number of amides is 2. The number of fused-ring (bicyclic) bond motifs is 1. The van der Waals surface area contributed by atoms with Crippen LogP contribution in [0.15, 0.2) is 41.5 Å². The number of rotatable bonds is 6. The molecule has 11 nitrogen and oxygen atoms in total. The van der Waals surface area contributed by atoms with Crippen LogP contribution in [0, 0.1) is 0 Å². The van der Waals surface area contributed by atoms with Crippen LogP contribution in [0.25, 0.3) is 5.52 Å². The molecule has 2 saturated carbocycles. The first kappa shape index (κ1) is 25.7. The van der Waals surface area contributed by atoms with E-state index in [9.17, 15) is 23.9 Å². The van der Waals surface area contributed by atoms with Gasteiger partial charge in [0.2, 0.25) is 0 Å². The number of aromatic nitrogens is 3. The molecule has 2 aliphatic carbocycles. The summed E-state index contributed by atoms with van der Waals surface area (Å²) in [7, 11) is 1.52. The molecule has 0 aromatic carbocycles. The van der Waals surface area contributed by atoms with Gasteiger partial charge < -0.3 is 25.0 Å². The fraction of sp³-hybridized carbons (Fsp3) is 0.462. The molecular weight excluding hydrogens is 495 g/mol. The van der Waals surface area contributed by atoms with Crippen molar-refractivity contribution in [1.82, 2.24) is 19.5 Å². The highest BCUT2D eigenvalue weighted by molar-refractivity contribution is 6.02. The Labute approximate surface area is 218 Å². The molecule has 12 heteroatoms. The number of nitrogens with one attached hydrogen (secondary N) is 2. The Morgan fingerprint density at radius 1 is 1.26 bits per heavy atom. The first-order valence-electron chi connectivity index (χ1n) is 12.5. The van der Waals surface area contributed by atoms with E-state index in [1.165, 1.54) is 27.2 Å². The number of nitrogens with zero attached hydrogens (tertiary/aromatic N) is 4. The van der Waals surface area contributed by atoms with Crippen molar-refractivity contribution in [1.29, 1.82) is 0 Å². The highest BCUT2D eigenvalue weighted by Gasteiger charge is 2.40. The summed E-state index contributed by atoms with van der Waals surface area (Å²) in [5.41, 5.74) is 0.0912. The standard InChI is InChI=1S/C26H31FN6O5/c1-26(2,3)38-25(37)31(4)22-11-14(29-18-6-5-9-32(24(18)36)20-12-16(20)27)10-19-15(13-28-33(19)22)23(35)30-17-7-8-21(17)34/h5-6,9-11,13,16-17,20-21,29,34H,7-8,12H2,1-4H3,(H,30,35)/t16-,17?,20-,21+/m0/s1. The number of carbonyl (C=O) groups is 2. The normalized spacial score (nSPS) is 22.5. The fourth-order valence-corrected chi connectivity index (χ4v) is 4.34. The summed E-state index contributed by atoms with van der Waals surface area (Å²) in [6.45, 7) is 5.25. The van der Waals surface area contributed by atoms with Gasteiger partial charge >= 0.3 is 6.09 Å². The Kier molecular flexibility index (Phi) is 6.38. The quantitative estimate of drug-likeness (QED) is 0.450. The molecule has 0 spiro atoms. The zero-order valence-electron chi connectivity index (χ0n) is 21.6. The van der Waals surface area contributed by atoms with Crippen molar-refractivity contribution in [3.8, 4) is 0 Å². The number of aliphatic hydroxyl groups excluding tert-OH is 1. The fourth-order valence-electron chi connectivity index (χ4n) is 4.34. The van der Waals surface area contributed by atoms with Crippen LogP contribution in [0.1, 0.15) is 56.4 Å². The largest absolute Gasteiger partial charge is 0.443 e. The molecule has 2 amide bonds. The smallest absolute Gasteiger partial charge is 0.415 e. The lowest BCUT2D eigenvalue weighted by Crippen LogP contribution is -2.50. The molecular formula is C26H31FN6O5. The maximum Gasteiger partial charge on any atom is 0.415 e. The monoisotopic (exact) mass is 526 g/mol. The molecule has 0 radical (unpaired) electrons. The molecule has 0 aliphatic heterocycles. The van der Waals surface area contributed by atoms with Crippen LogP contribution in [0.5, 0.6) is 0 Å². The molecule has 4 atom stereocenters. The minimum atomic E-state index is -1.05. The summed E-state index contributed by atoms with van der Waals surface area (Å²) < 4.78 is 21.9. The Hall–Kier alpha value is -3.93. The first-order chi connectivity index (χ1) is 17.9. The average molecular weight is 527 g/mol. The molecule has 0 saturated heterocycles. The van der Waals surface area contributed by atoms with Gasteiger partial charge in [-0.15, -0.1) is 0 Å². The van der Waals surface area contributed by atoms with Crippen molar-refractivity contribution in [2.24, 2.45) is 0 Å². The molecule has 3 heterocycles. The lowest BCUT2D eigenvalue weighted by Gasteiger charge is -2.32. The first-order valence-corrected chi connectivity index (χ1v) is 12.5. The third-order valence-electron chi connectivity index (χ3n) is 6.70. The van der Waals surface area contributed by atoms with Gasteiger partial charge in [0.05, 0.1) is 35.5 Å². The highest BCUT2D eigenvalue weighted by atomic mass is 19.1. The minimum absolute atomic E-state index is 0.213. The molecule has 3 N–H and O–H groups in total. The zero-order chi connectivity index (χ0) is 27.4. The summed E-state index contributed by atoms with van der Waals surface area (Å²) >= 11 is 0. The lowest BCUT2D eigenvalue weighted by molar-refractivity contribution is 0.0448. The number of anilines is 3. The van der Waals surface area contributed by atoms with Crippen LogP contribution in [0.2, 0.25) is 0 Å². The Bertz CT molecular complexity index is 1460. The second-order valence-electron chi connectivity index (χ2n) is 10.8. The molecule has 0 bridgehead atoms. The van der Waals surface area contributed by atoms with Gasteiger partial charge in [0.1, 0.15) is 23.3 Å². The van der Waals surface area contributed by atoms with Crippen molar-refractivity contribution >= 4 is 34.7 Å². The zero-order valence-corrected chi connectivity index (χ0v) is 21.6. The number of alkyl halides is 1. The molecule has 5 rings (SSSR count). The topological polar surface area (TPSA) is 130 Å². The van der Waals surface area contributed by atoms with E-state index in [1.807, 2.05) is 0 Å². The predicted molar refractivity (Wildman–Crippen MR) is 139 cm³/mol. The molecule has 3 aromatic heterocycles. The Morgan fingerprint density at radius 2 is 2.00 bits per heavy atom. The third kappa shape index (κ3) is 4.95. The second kappa shape index (κ2) is 9.43. The number of aliphatic hydroxyl groups is 1. The minimum Gasteiger partial charge on any atom is -0.443 e. The van der Waals surface area contributed by atoms with E-state index in [1.54, 1.807) is 51.2 Å². The van der Waals surface area contributed by atoms with Crippen molar-refractivity contribution in [3.63, 3.8) is 0 Å². The van der Waals surface area contributed by atoms with E-state index in [4.69, 9.17) is 4.74 Å². The summed E-state index contributed by atoms with van der Waals surface area (Å²) in [4.78, 5) is 40.2. The Balaban J connectivity index is 1.55. The summed E-state index contributed by atoms with van der Waals surface area (Å²) in [6.07, 6.45) is 2.25. The van der Waals surface area contributed by atoms with E-state index >= 15 is 0 Å². The van der Waals surface area contributed by atoms with Crippen LogP contribution < -0.4 is 21.1 Å². The number of hydrogen-bond acceptors (Lipinski definition) is 7. The summed E-state index contributed by atoms with van der Waals surface area (Å²) in [6, 6.07) is 5.66. The number of pyridine rings is 2. The average Bonchev–Trinajstić information content (AvgIpc) is 3.41. The van der Waals surface area contributed by atoms with Crippen molar-refractivity contribution < 1.29 is 23.8 Å². The van der Waals surface area contributed by atoms with E-state index < -0.39 is 35.9 Å². The van der Waals surface area contributed by atoms with Gasteiger partial charge in [0.25, 0.3) is 11.5 Å². The van der Waals surface area contributed by atoms with Crippen molar-refractivity contribution in [3.05, 3.63) is 52.6 Å². The molecule has 2 aliphatic rings. The van der Waals surface area contributed by atoms with E-state index in [0.717, 1.165) is 0 Å². The van der Waals surface area contributed by atoms with Crippen LogP contribution in [0.3, 0.4) is 0 Å². The molecule has 1 unspecified atom stereocenters. The second-order valence-corrected chi connectivity index (χ2v) is 10.8. The maximum absolute atomic E-state index is 13.6. The van der Waals surface area contributed by atoms with Gasteiger partial charge in [-0.1, -0.05) is 0 Å². The number of hydrogen-bond donors (Lipinski definition) is 3. The predicted octanol–water partition coefficient (Wildman–Crippen LogP) is 3.15. The van der Waals surface area contributed by atoms with Crippen LogP contribution in [0.4, 0.5) is 26.4 Å². The van der Waals surface area contributed by atoms with Gasteiger partial charge in [-0.2, -0.15) is 5.10 Å². The molecule has 202 valence electrons. The number of carbonyl (C=O) groups excluding carboxylic acids is 2. The SMILES string of the molecule is CN(C(=O)OC(C)(C)C)c1cc(Nc2cccn([C@H]3C[C@@H]3F)c2=O)cc2c(C(=O)NC3CC[C@H]3O)cnn12. The Morgan fingerprint density at radius 3 is 2.61 bits per heavy atom. The third-order valence-corrected chi connectivity index (χ3v) is 6.70. The van der Waals surface area contributed by atoms with Gasteiger partial charge in [-0.05, 0) is 51.8 Å². The number of halogens is 1. The lowest BCUT2D eigenvalue weighted by atomic mass is 9.89. The molecule has 3 aromatic rings. The maximum atomic E-state index is 13.6. The van der Waals surface area contributed by atoms with Crippen molar-refractivity contribution in [2.75, 3.05) is 17.3 Å². The van der Waals surface area contributed by atoms with E-state index in [0.29, 0.717) is 30.5 Å². The van der Waals surface area contributed by atoms with Crippen molar-refractivity contribution in [2.45, 2.75) is 70.0 Å². The van der Waals surface area contributed by atoms with Gasteiger partial charge in [-0.3, -0.25) is 14.5 Å². The number of ether oxygens (including phenoxy) is 1. The summed E-state index contributed by atoms with van der Waals surface area (Å²) in [5.74, 6) is -0.138. The van der Waals surface area contributed by atoms with Gasteiger partial charge in [0.15, 0.2) is 0 Å². The molecule has 2 fully saturated rings. The van der Waals surface area contributed by atoms with E-state index in [-0.39, 0.29) is 28.7 Å². The molecule has 38 heavy (non-hydrogen) atoms. The van der Waals surface area contributed by atoms with Crippen LogP contribution >= 0.6 is 0 Å². The van der Waals surface area contributed by atoms with Crippen LogP contribution in [-0.4, -0.2) is 62.3 Å². The van der Waals surface area contributed by atoms with E-state index in [2.05, 4.69) is 15.7 Å².